The molecule has 1 saturated heterocycles. The van der Waals surface area contributed by atoms with Crippen LogP contribution in [0.15, 0.2) is 30.3 Å². The third kappa shape index (κ3) is 4.24. The molecule has 1 amide bonds. The number of benzene rings is 1. The summed E-state index contributed by atoms with van der Waals surface area (Å²) in [7, 11) is -2.00. The Labute approximate surface area is 151 Å². The monoisotopic (exact) mass is 365 g/mol. The number of aliphatic hydroxyl groups excluding tert-OH is 1. The van der Waals surface area contributed by atoms with Crippen molar-refractivity contribution in [2.75, 3.05) is 13.2 Å². The van der Waals surface area contributed by atoms with Crippen molar-refractivity contribution in [3.63, 3.8) is 0 Å². The van der Waals surface area contributed by atoms with Crippen LogP contribution in [0, 0.1) is 0 Å². The van der Waals surface area contributed by atoms with Gasteiger partial charge in [0.05, 0.1) is 18.2 Å². The minimum absolute atomic E-state index is 0.0605. The molecule has 25 heavy (non-hydrogen) atoms. The summed E-state index contributed by atoms with van der Waals surface area (Å²) >= 11 is 0. The molecule has 0 spiro atoms. The fourth-order valence-electron chi connectivity index (χ4n) is 3.30. The Hall–Kier alpha value is -1.37. The normalized spacial score (nSPS) is 24.6. The number of hydrogen-bond donors (Lipinski definition) is 2. The van der Waals surface area contributed by atoms with Crippen LogP contribution >= 0.6 is 0 Å². The van der Waals surface area contributed by atoms with Crippen LogP contribution in [0.4, 0.5) is 4.79 Å². The zero-order chi connectivity index (χ0) is 18.9. The summed E-state index contributed by atoms with van der Waals surface area (Å²) in [5.41, 5.74) is 0.205. The third-order valence-electron chi connectivity index (χ3n) is 5.74. The Balaban J connectivity index is 2.25. The average molecular weight is 366 g/mol. The zero-order valence-electron chi connectivity index (χ0n) is 16.0. The van der Waals surface area contributed by atoms with Crippen LogP contribution in [0.2, 0.25) is 18.1 Å². The maximum Gasteiger partial charge on any atom is 0.407 e. The molecule has 0 saturated carbocycles. The number of nitrogens with zero attached hydrogens (tertiary/aromatic N) is 1. The topological polar surface area (TPSA) is 70.0 Å². The predicted molar refractivity (Wildman–Crippen MR) is 101 cm³/mol. The van der Waals surface area contributed by atoms with Gasteiger partial charge in [-0.3, -0.25) is 4.90 Å². The SMILES string of the molecule is CC(C)(C)[Si](C)(C)O[C@H]1CN(C(=O)O)[C@](CO)(Cc2ccccc2)C1. The molecule has 1 aromatic carbocycles. The highest BCUT2D eigenvalue weighted by Gasteiger charge is 2.50. The number of carbonyl (C=O) groups is 1. The Morgan fingerprint density at radius 2 is 1.92 bits per heavy atom. The molecule has 1 aliphatic rings. The standard InChI is InChI=1S/C19H31NO4Si/c1-18(2,3)25(4,5)24-16-12-19(14-21,20(13-16)17(22)23)11-15-9-7-6-8-10-15/h6-10,16,21H,11-14H2,1-5H3,(H,22,23)/t16-,19-/m1/s1. The van der Waals surface area contributed by atoms with Gasteiger partial charge in [-0.05, 0) is 30.1 Å². The Kier molecular flexibility index (Phi) is 5.66. The minimum Gasteiger partial charge on any atom is -0.465 e. The molecule has 2 rings (SSSR count). The van der Waals surface area contributed by atoms with Gasteiger partial charge in [0.1, 0.15) is 0 Å². The van der Waals surface area contributed by atoms with Crippen molar-refractivity contribution in [1.29, 1.82) is 0 Å². The number of hydrogen-bond acceptors (Lipinski definition) is 3. The fraction of sp³-hybridized carbons (Fsp3) is 0.632. The first-order valence-corrected chi connectivity index (χ1v) is 11.7. The maximum atomic E-state index is 11.8. The van der Waals surface area contributed by atoms with E-state index in [0.29, 0.717) is 19.4 Å². The van der Waals surface area contributed by atoms with E-state index in [1.807, 2.05) is 30.3 Å². The molecule has 0 aromatic heterocycles. The average Bonchev–Trinajstić information content (AvgIpc) is 2.85. The van der Waals surface area contributed by atoms with Gasteiger partial charge in [0.2, 0.25) is 0 Å². The van der Waals surface area contributed by atoms with Crippen molar-refractivity contribution in [3.05, 3.63) is 35.9 Å². The molecule has 1 aliphatic heterocycles. The van der Waals surface area contributed by atoms with Gasteiger partial charge < -0.3 is 14.6 Å². The van der Waals surface area contributed by atoms with Crippen molar-refractivity contribution >= 4 is 14.4 Å². The van der Waals surface area contributed by atoms with Gasteiger partial charge in [-0.1, -0.05) is 51.1 Å². The second-order valence-electron chi connectivity index (χ2n) is 8.64. The summed E-state index contributed by atoms with van der Waals surface area (Å²) in [6.45, 7) is 11.0. The van der Waals surface area contributed by atoms with E-state index in [1.165, 1.54) is 4.90 Å². The van der Waals surface area contributed by atoms with Gasteiger partial charge in [0, 0.05) is 13.0 Å². The smallest absolute Gasteiger partial charge is 0.407 e. The molecule has 140 valence electrons. The molecule has 0 unspecified atom stereocenters. The summed E-state index contributed by atoms with van der Waals surface area (Å²) in [6.07, 6.45) is -0.148. The summed E-state index contributed by atoms with van der Waals surface area (Å²) in [6, 6.07) is 9.75. The number of aliphatic hydroxyl groups is 1. The predicted octanol–water partition coefficient (Wildman–Crippen LogP) is 3.73. The molecule has 5 nitrogen and oxygen atoms in total. The van der Waals surface area contributed by atoms with E-state index in [4.69, 9.17) is 4.43 Å². The van der Waals surface area contributed by atoms with Crippen LogP contribution in [0.1, 0.15) is 32.8 Å². The van der Waals surface area contributed by atoms with Gasteiger partial charge in [-0.25, -0.2) is 4.79 Å². The van der Waals surface area contributed by atoms with Crippen LogP contribution in [-0.2, 0) is 10.8 Å². The van der Waals surface area contributed by atoms with Crippen molar-refractivity contribution in [2.45, 2.75) is 63.4 Å². The van der Waals surface area contributed by atoms with E-state index in [1.54, 1.807) is 0 Å². The van der Waals surface area contributed by atoms with Gasteiger partial charge in [0.15, 0.2) is 8.32 Å². The van der Waals surface area contributed by atoms with Crippen LogP contribution < -0.4 is 0 Å². The lowest BCUT2D eigenvalue weighted by atomic mass is 9.88. The van der Waals surface area contributed by atoms with Gasteiger partial charge in [-0.15, -0.1) is 0 Å². The molecule has 6 heteroatoms. The molecule has 0 bridgehead atoms. The van der Waals surface area contributed by atoms with E-state index in [9.17, 15) is 15.0 Å². The minimum atomic E-state index is -2.00. The fourth-order valence-corrected chi connectivity index (χ4v) is 4.64. The summed E-state index contributed by atoms with van der Waals surface area (Å²) in [4.78, 5) is 13.2. The summed E-state index contributed by atoms with van der Waals surface area (Å²) in [5.74, 6) is 0. The van der Waals surface area contributed by atoms with Crippen LogP contribution in [0.3, 0.4) is 0 Å². The molecule has 2 N–H and O–H groups in total. The van der Waals surface area contributed by atoms with E-state index in [2.05, 4.69) is 33.9 Å². The van der Waals surface area contributed by atoms with Crippen molar-refractivity contribution in [3.8, 4) is 0 Å². The molecule has 0 aliphatic carbocycles. The summed E-state index contributed by atoms with van der Waals surface area (Å²) in [5, 5.41) is 19.9. The maximum absolute atomic E-state index is 11.8. The highest BCUT2D eigenvalue weighted by Crippen LogP contribution is 2.41. The number of rotatable bonds is 5. The molecule has 1 fully saturated rings. The van der Waals surface area contributed by atoms with Gasteiger partial charge >= 0.3 is 6.09 Å². The van der Waals surface area contributed by atoms with Gasteiger partial charge in [0.25, 0.3) is 0 Å². The van der Waals surface area contributed by atoms with Gasteiger partial charge in [-0.2, -0.15) is 0 Å². The van der Waals surface area contributed by atoms with E-state index in [-0.39, 0.29) is 17.7 Å². The molecule has 1 aromatic rings. The molecular weight excluding hydrogens is 334 g/mol. The Morgan fingerprint density at radius 1 is 1.32 bits per heavy atom. The Bertz CT molecular complexity index is 599. The lowest BCUT2D eigenvalue weighted by Crippen LogP contribution is -2.51. The highest BCUT2D eigenvalue weighted by atomic mass is 28.4. The molecule has 2 atom stereocenters. The van der Waals surface area contributed by atoms with E-state index in [0.717, 1.165) is 5.56 Å². The Morgan fingerprint density at radius 3 is 2.40 bits per heavy atom. The van der Waals surface area contributed by atoms with Crippen molar-refractivity contribution < 1.29 is 19.4 Å². The molecule has 1 heterocycles. The van der Waals surface area contributed by atoms with Crippen molar-refractivity contribution in [2.24, 2.45) is 0 Å². The lowest BCUT2D eigenvalue weighted by molar-refractivity contribution is 0.0599. The number of amides is 1. The first-order chi connectivity index (χ1) is 11.5. The third-order valence-corrected chi connectivity index (χ3v) is 10.3. The first kappa shape index (κ1) is 19.9. The highest BCUT2D eigenvalue weighted by molar-refractivity contribution is 6.74. The first-order valence-electron chi connectivity index (χ1n) is 8.84. The quantitative estimate of drug-likeness (QED) is 0.780. The van der Waals surface area contributed by atoms with E-state index >= 15 is 0 Å². The van der Waals surface area contributed by atoms with Crippen LogP contribution in [-0.4, -0.2) is 54.3 Å². The van der Waals surface area contributed by atoms with Crippen molar-refractivity contribution in [1.82, 2.24) is 4.90 Å². The molecule has 0 radical (unpaired) electrons. The van der Waals surface area contributed by atoms with Crippen LogP contribution in [0.25, 0.3) is 0 Å². The second-order valence-corrected chi connectivity index (χ2v) is 13.4. The second kappa shape index (κ2) is 7.09. The van der Waals surface area contributed by atoms with Crippen LogP contribution in [0.5, 0.6) is 0 Å². The number of likely N-dealkylation sites (tertiary alicyclic amines) is 1. The van der Waals surface area contributed by atoms with E-state index < -0.39 is 19.9 Å². The molecular formula is C19H31NO4Si. The number of carboxylic acid groups (broad SMARTS) is 1. The zero-order valence-corrected chi connectivity index (χ0v) is 17.0. The summed E-state index contributed by atoms with van der Waals surface area (Å²) < 4.78 is 6.46. The lowest BCUT2D eigenvalue weighted by Gasteiger charge is -2.38. The largest absolute Gasteiger partial charge is 0.465 e.